The lowest BCUT2D eigenvalue weighted by Gasteiger charge is -2.40. The first-order chi connectivity index (χ1) is 10.1. The van der Waals surface area contributed by atoms with Crippen LogP contribution in [0.1, 0.15) is 44.1 Å². The minimum atomic E-state index is 0.129. The van der Waals surface area contributed by atoms with Gasteiger partial charge in [0.15, 0.2) is 0 Å². The van der Waals surface area contributed by atoms with Crippen LogP contribution in [0, 0.1) is 5.92 Å². The molecule has 2 unspecified atom stereocenters. The van der Waals surface area contributed by atoms with Crippen molar-refractivity contribution in [3.63, 3.8) is 0 Å². The highest BCUT2D eigenvalue weighted by atomic mass is 35.5. The van der Waals surface area contributed by atoms with Gasteiger partial charge in [-0.3, -0.25) is 0 Å². The van der Waals surface area contributed by atoms with Crippen molar-refractivity contribution in [1.82, 2.24) is 0 Å². The fourth-order valence-electron chi connectivity index (χ4n) is 3.91. The lowest BCUT2D eigenvalue weighted by atomic mass is 9.79. The van der Waals surface area contributed by atoms with Crippen molar-refractivity contribution in [2.24, 2.45) is 11.7 Å². The van der Waals surface area contributed by atoms with E-state index in [9.17, 15) is 0 Å². The number of benzene rings is 1. The molecule has 2 atom stereocenters. The standard InChI is InChI=1S/C17H23Cl2NO/c18-14-4-3-12(15(19)10-14)9-16(20)13-5-8-21-17(11-13)6-1-2-7-17/h3-4,10,13,16H,1-2,5-9,11,20H2. The van der Waals surface area contributed by atoms with Gasteiger partial charge in [-0.25, -0.2) is 0 Å². The Labute approximate surface area is 136 Å². The normalized spacial score (nSPS) is 26.1. The molecule has 3 rings (SSSR count). The van der Waals surface area contributed by atoms with Gasteiger partial charge in [-0.2, -0.15) is 0 Å². The number of halogens is 2. The second-order valence-corrected chi connectivity index (χ2v) is 7.44. The van der Waals surface area contributed by atoms with Gasteiger partial charge < -0.3 is 10.5 Å². The summed E-state index contributed by atoms with van der Waals surface area (Å²) in [6.07, 6.45) is 8.00. The molecule has 1 aromatic rings. The average molecular weight is 328 g/mol. The minimum absolute atomic E-state index is 0.129. The van der Waals surface area contributed by atoms with Crippen LogP contribution in [0.2, 0.25) is 10.0 Å². The smallest absolute Gasteiger partial charge is 0.0685 e. The van der Waals surface area contributed by atoms with Crippen molar-refractivity contribution >= 4 is 23.2 Å². The van der Waals surface area contributed by atoms with Crippen LogP contribution in [0.5, 0.6) is 0 Å². The van der Waals surface area contributed by atoms with Crippen molar-refractivity contribution in [2.75, 3.05) is 6.61 Å². The van der Waals surface area contributed by atoms with E-state index in [4.69, 9.17) is 33.7 Å². The zero-order valence-electron chi connectivity index (χ0n) is 12.3. The molecule has 2 N–H and O–H groups in total. The van der Waals surface area contributed by atoms with Gasteiger partial charge in [-0.1, -0.05) is 42.1 Å². The largest absolute Gasteiger partial charge is 0.375 e. The molecule has 1 aliphatic carbocycles. The molecule has 1 saturated heterocycles. The summed E-state index contributed by atoms with van der Waals surface area (Å²) < 4.78 is 6.10. The van der Waals surface area contributed by atoms with Gasteiger partial charge in [0, 0.05) is 22.7 Å². The molecule has 21 heavy (non-hydrogen) atoms. The van der Waals surface area contributed by atoms with Crippen molar-refractivity contribution in [2.45, 2.75) is 56.6 Å². The van der Waals surface area contributed by atoms with Crippen molar-refractivity contribution in [1.29, 1.82) is 0 Å². The second-order valence-electron chi connectivity index (χ2n) is 6.60. The fraction of sp³-hybridized carbons (Fsp3) is 0.647. The van der Waals surface area contributed by atoms with E-state index in [0.717, 1.165) is 36.5 Å². The van der Waals surface area contributed by atoms with Crippen LogP contribution in [-0.4, -0.2) is 18.2 Å². The molecule has 0 radical (unpaired) electrons. The lowest BCUT2D eigenvalue weighted by molar-refractivity contribution is -0.0960. The highest BCUT2D eigenvalue weighted by Gasteiger charge is 2.41. The van der Waals surface area contributed by atoms with Gasteiger partial charge in [0.05, 0.1) is 5.60 Å². The number of ether oxygens (including phenoxy) is 1. The first kappa shape index (κ1) is 15.6. The molecular formula is C17H23Cl2NO. The van der Waals surface area contributed by atoms with Crippen LogP contribution in [-0.2, 0) is 11.2 Å². The maximum atomic E-state index is 6.49. The Morgan fingerprint density at radius 2 is 2.05 bits per heavy atom. The van der Waals surface area contributed by atoms with Crippen LogP contribution >= 0.6 is 23.2 Å². The van der Waals surface area contributed by atoms with Crippen molar-refractivity contribution in [3.8, 4) is 0 Å². The average Bonchev–Trinajstić information content (AvgIpc) is 2.90. The molecule has 2 aliphatic rings. The molecule has 2 fully saturated rings. The van der Waals surface area contributed by atoms with Crippen molar-refractivity contribution < 1.29 is 4.74 Å². The van der Waals surface area contributed by atoms with E-state index in [1.165, 1.54) is 25.7 Å². The molecule has 0 amide bonds. The number of hydrogen-bond donors (Lipinski definition) is 1. The summed E-state index contributed by atoms with van der Waals surface area (Å²) in [4.78, 5) is 0. The molecule has 116 valence electrons. The molecule has 0 bridgehead atoms. The fourth-order valence-corrected chi connectivity index (χ4v) is 4.39. The van der Waals surface area contributed by atoms with Crippen LogP contribution < -0.4 is 5.73 Å². The summed E-state index contributed by atoms with van der Waals surface area (Å²) >= 11 is 12.2. The predicted octanol–water partition coefficient (Wildman–Crippen LogP) is 4.60. The van der Waals surface area contributed by atoms with Crippen LogP contribution in [0.4, 0.5) is 0 Å². The Hall–Kier alpha value is -0.280. The molecule has 0 aromatic heterocycles. The predicted molar refractivity (Wildman–Crippen MR) is 88.0 cm³/mol. The van der Waals surface area contributed by atoms with E-state index in [2.05, 4.69) is 0 Å². The SMILES string of the molecule is NC(Cc1ccc(Cl)cc1Cl)C1CCOC2(CCCC2)C1. The van der Waals surface area contributed by atoms with Gasteiger partial charge in [-0.15, -0.1) is 0 Å². The van der Waals surface area contributed by atoms with Crippen LogP contribution in [0.25, 0.3) is 0 Å². The van der Waals surface area contributed by atoms with Crippen LogP contribution in [0.15, 0.2) is 18.2 Å². The Morgan fingerprint density at radius 1 is 1.29 bits per heavy atom. The van der Waals surface area contributed by atoms with E-state index in [-0.39, 0.29) is 11.6 Å². The molecule has 1 aromatic carbocycles. The Morgan fingerprint density at radius 3 is 2.76 bits per heavy atom. The molecule has 1 saturated carbocycles. The zero-order chi connectivity index (χ0) is 14.9. The summed E-state index contributed by atoms with van der Waals surface area (Å²) in [5.74, 6) is 0.531. The van der Waals surface area contributed by atoms with E-state index in [0.29, 0.717) is 10.9 Å². The second kappa shape index (κ2) is 6.45. The minimum Gasteiger partial charge on any atom is -0.375 e. The number of rotatable bonds is 3. The maximum absolute atomic E-state index is 6.49. The summed E-state index contributed by atoms with van der Waals surface area (Å²) in [5, 5.41) is 1.40. The van der Waals surface area contributed by atoms with E-state index >= 15 is 0 Å². The van der Waals surface area contributed by atoms with Gasteiger partial charge in [0.2, 0.25) is 0 Å². The van der Waals surface area contributed by atoms with E-state index < -0.39 is 0 Å². The quantitative estimate of drug-likeness (QED) is 0.880. The van der Waals surface area contributed by atoms with Gasteiger partial charge >= 0.3 is 0 Å². The number of hydrogen-bond acceptors (Lipinski definition) is 2. The third kappa shape index (κ3) is 3.56. The van der Waals surface area contributed by atoms with Gasteiger partial charge in [-0.05, 0) is 55.7 Å². The molecular weight excluding hydrogens is 305 g/mol. The topological polar surface area (TPSA) is 35.2 Å². The van der Waals surface area contributed by atoms with E-state index in [1.807, 2.05) is 12.1 Å². The molecule has 4 heteroatoms. The molecule has 1 aliphatic heterocycles. The maximum Gasteiger partial charge on any atom is 0.0685 e. The number of nitrogens with two attached hydrogens (primary N) is 1. The first-order valence-electron chi connectivity index (χ1n) is 7.91. The summed E-state index contributed by atoms with van der Waals surface area (Å²) in [7, 11) is 0. The Balaban J connectivity index is 1.65. The molecule has 2 nitrogen and oxygen atoms in total. The highest BCUT2D eigenvalue weighted by Crippen LogP contribution is 2.43. The lowest BCUT2D eigenvalue weighted by Crippen LogP contribution is -2.44. The van der Waals surface area contributed by atoms with Crippen molar-refractivity contribution in [3.05, 3.63) is 33.8 Å². The van der Waals surface area contributed by atoms with E-state index in [1.54, 1.807) is 6.07 Å². The monoisotopic (exact) mass is 327 g/mol. The molecule has 1 spiro atoms. The Kier molecular flexibility index (Phi) is 4.80. The van der Waals surface area contributed by atoms with Gasteiger partial charge in [0.25, 0.3) is 0 Å². The Bertz CT molecular complexity index is 500. The van der Waals surface area contributed by atoms with Crippen LogP contribution in [0.3, 0.4) is 0 Å². The summed E-state index contributed by atoms with van der Waals surface area (Å²) in [5.41, 5.74) is 7.72. The molecule has 1 heterocycles. The summed E-state index contributed by atoms with van der Waals surface area (Å²) in [6.45, 7) is 0.854. The zero-order valence-corrected chi connectivity index (χ0v) is 13.8. The third-order valence-electron chi connectivity index (χ3n) is 5.12. The first-order valence-corrected chi connectivity index (χ1v) is 8.67. The highest BCUT2D eigenvalue weighted by molar-refractivity contribution is 6.35. The third-order valence-corrected chi connectivity index (χ3v) is 5.71. The van der Waals surface area contributed by atoms with Gasteiger partial charge in [0.1, 0.15) is 0 Å². The summed E-state index contributed by atoms with van der Waals surface area (Å²) in [6, 6.07) is 5.82.